The summed E-state index contributed by atoms with van der Waals surface area (Å²) < 4.78 is 0. The molecule has 0 aliphatic heterocycles. The Labute approximate surface area is 85.7 Å². The van der Waals surface area contributed by atoms with E-state index in [1.807, 2.05) is 13.8 Å². The van der Waals surface area contributed by atoms with Gasteiger partial charge >= 0.3 is 0 Å². The monoisotopic (exact) mass is 197 g/mol. The van der Waals surface area contributed by atoms with E-state index in [0.29, 0.717) is 19.5 Å². The Hall–Kier alpha value is -1.08. The Kier molecular flexibility index (Phi) is 5.89. The molecule has 0 radical (unpaired) electrons. The largest absolute Gasteiger partial charge is 0.340 e. The molecule has 0 aliphatic carbocycles. The third kappa shape index (κ3) is 3.75. The number of hydrogen-bond acceptors (Lipinski definition) is 3. The lowest BCUT2D eigenvalue weighted by Crippen LogP contribution is -2.44. The van der Waals surface area contributed by atoms with Crippen LogP contribution in [0.4, 0.5) is 0 Å². The molecule has 80 valence electrons. The Morgan fingerprint density at radius 3 is 2.50 bits per heavy atom. The molecule has 14 heavy (non-hydrogen) atoms. The van der Waals surface area contributed by atoms with Gasteiger partial charge in [-0.2, -0.15) is 5.26 Å². The minimum Gasteiger partial charge on any atom is -0.340 e. The van der Waals surface area contributed by atoms with Crippen molar-refractivity contribution in [2.45, 2.75) is 33.2 Å². The zero-order valence-corrected chi connectivity index (χ0v) is 9.16. The second-order valence-corrected chi connectivity index (χ2v) is 3.42. The standard InChI is InChI=1S/C10H19N3O/c1-4-9(12)10(14)13(5-2)7-8(3)6-11/h8-9H,4-5,7,12H2,1-3H3/t8?,9-/m0/s1. The minimum atomic E-state index is -0.430. The van der Waals surface area contributed by atoms with Crippen LogP contribution in [-0.2, 0) is 4.79 Å². The summed E-state index contributed by atoms with van der Waals surface area (Å²) in [5, 5.41) is 8.64. The molecule has 0 bridgehead atoms. The lowest BCUT2D eigenvalue weighted by atomic mass is 10.1. The quantitative estimate of drug-likeness (QED) is 0.706. The molecule has 0 rings (SSSR count). The SMILES string of the molecule is CC[C@H](N)C(=O)N(CC)CC(C)C#N. The van der Waals surface area contributed by atoms with Crippen LogP contribution in [-0.4, -0.2) is 29.9 Å². The number of carbonyl (C=O) groups is 1. The van der Waals surface area contributed by atoms with Gasteiger partial charge in [0.25, 0.3) is 0 Å². The van der Waals surface area contributed by atoms with Crippen LogP contribution in [0.25, 0.3) is 0 Å². The first-order valence-electron chi connectivity index (χ1n) is 5.00. The van der Waals surface area contributed by atoms with Gasteiger partial charge in [0.2, 0.25) is 5.91 Å². The summed E-state index contributed by atoms with van der Waals surface area (Å²) in [6, 6.07) is 1.68. The van der Waals surface area contributed by atoms with Crippen molar-refractivity contribution in [2.24, 2.45) is 11.7 Å². The van der Waals surface area contributed by atoms with Crippen LogP contribution in [0.1, 0.15) is 27.2 Å². The molecule has 0 fully saturated rings. The number of carbonyl (C=O) groups excluding carboxylic acids is 1. The highest BCUT2D eigenvalue weighted by molar-refractivity contribution is 5.81. The van der Waals surface area contributed by atoms with Crippen molar-refractivity contribution in [3.63, 3.8) is 0 Å². The van der Waals surface area contributed by atoms with Crippen LogP contribution in [0.15, 0.2) is 0 Å². The van der Waals surface area contributed by atoms with Crippen LogP contribution >= 0.6 is 0 Å². The normalized spacial score (nSPS) is 14.2. The first-order valence-corrected chi connectivity index (χ1v) is 5.00. The van der Waals surface area contributed by atoms with Gasteiger partial charge in [-0.3, -0.25) is 4.79 Å². The molecule has 0 aromatic carbocycles. The van der Waals surface area contributed by atoms with Gasteiger partial charge < -0.3 is 10.6 Å². The average Bonchev–Trinajstić information content (AvgIpc) is 2.23. The van der Waals surface area contributed by atoms with Crippen molar-refractivity contribution in [1.29, 1.82) is 5.26 Å². The molecule has 1 amide bonds. The number of rotatable bonds is 5. The fourth-order valence-corrected chi connectivity index (χ4v) is 1.16. The molecular formula is C10H19N3O. The highest BCUT2D eigenvalue weighted by Crippen LogP contribution is 2.02. The zero-order chi connectivity index (χ0) is 11.1. The molecule has 2 atom stereocenters. The molecule has 0 saturated carbocycles. The second kappa shape index (κ2) is 6.39. The molecule has 0 aliphatic rings. The molecule has 0 spiro atoms. The molecule has 0 aromatic rings. The topological polar surface area (TPSA) is 70.1 Å². The van der Waals surface area contributed by atoms with Crippen molar-refractivity contribution < 1.29 is 4.79 Å². The van der Waals surface area contributed by atoms with Gasteiger partial charge in [0.1, 0.15) is 0 Å². The van der Waals surface area contributed by atoms with Gasteiger partial charge in [-0.25, -0.2) is 0 Å². The maximum absolute atomic E-state index is 11.6. The molecule has 4 heteroatoms. The predicted molar refractivity (Wildman–Crippen MR) is 55.3 cm³/mol. The molecule has 0 heterocycles. The maximum Gasteiger partial charge on any atom is 0.239 e. The summed E-state index contributed by atoms with van der Waals surface area (Å²) in [6.45, 7) is 6.65. The fraction of sp³-hybridized carbons (Fsp3) is 0.800. The van der Waals surface area contributed by atoms with Crippen molar-refractivity contribution in [3.8, 4) is 6.07 Å². The van der Waals surface area contributed by atoms with Crippen LogP contribution in [0, 0.1) is 17.2 Å². The number of likely N-dealkylation sites (N-methyl/N-ethyl adjacent to an activating group) is 1. The van der Waals surface area contributed by atoms with Gasteiger partial charge in [0, 0.05) is 13.1 Å². The highest BCUT2D eigenvalue weighted by Gasteiger charge is 2.19. The third-order valence-corrected chi connectivity index (χ3v) is 2.17. The van der Waals surface area contributed by atoms with Crippen molar-refractivity contribution in [3.05, 3.63) is 0 Å². The van der Waals surface area contributed by atoms with Crippen molar-refractivity contribution in [1.82, 2.24) is 4.90 Å². The van der Waals surface area contributed by atoms with E-state index in [4.69, 9.17) is 11.0 Å². The summed E-state index contributed by atoms with van der Waals surface area (Å²) in [7, 11) is 0. The average molecular weight is 197 g/mol. The number of nitrogens with two attached hydrogens (primary N) is 1. The van der Waals surface area contributed by atoms with Crippen LogP contribution < -0.4 is 5.73 Å². The first kappa shape index (κ1) is 12.9. The maximum atomic E-state index is 11.6. The van der Waals surface area contributed by atoms with E-state index >= 15 is 0 Å². The van der Waals surface area contributed by atoms with Gasteiger partial charge in [0.15, 0.2) is 0 Å². The highest BCUT2D eigenvalue weighted by atomic mass is 16.2. The number of nitriles is 1. The van der Waals surface area contributed by atoms with E-state index in [1.165, 1.54) is 0 Å². The molecule has 4 nitrogen and oxygen atoms in total. The van der Waals surface area contributed by atoms with E-state index in [2.05, 4.69) is 6.07 Å². The first-order chi connectivity index (χ1) is 6.56. The Morgan fingerprint density at radius 1 is 1.57 bits per heavy atom. The smallest absolute Gasteiger partial charge is 0.239 e. The summed E-state index contributed by atoms with van der Waals surface area (Å²) in [5.74, 6) is -0.194. The minimum absolute atomic E-state index is 0.0582. The van der Waals surface area contributed by atoms with E-state index in [9.17, 15) is 4.79 Å². The Bertz CT molecular complexity index is 222. The summed E-state index contributed by atoms with van der Waals surface area (Å²) >= 11 is 0. The van der Waals surface area contributed by atoms with E-state index in [0.717, 1.165) is 0 Å². The summed E-state index contributed by atoms with van der Waals surface area (Å²) in [6.07, 6.45) is 0.635. The summed E-state index contributed by atoms with van der Waals surface area (Å²) in [4.78, 5) is 13.3. The number of amides is 1. The van der Waals surface area contributed by atoms with Crippen LogP contribution in [0.2, 0.25) is 0 Å². The molecule has 0 saturated heterocycles. The Balaban J connectivity index is 4.27. The van der Waals surface area contributed by atoms with Crippen molar-refractivity contribution in [2.75, 3.05) is 13.1 Å². The summed E-state index contributed by atoms with van der Waals surface area (Å²) in [5.41, 5.74) is 5.64. The molecule has 1 unspecified atom stereocenters. The van der Waals surface area contributed by atoms with Crippen LogP contribution in [0.3, 0.4) is 0 Å². The van der Waals surface area contributed by atoms with E-state index < -0.39 is 6.04 Å². The van der Waals surface area contributed by atoms with E-state index in [1.54, 1.807) is 11.8 Å². The van der Waals surface area contributed by atoms with E-state index in [-0.39, 0.29) is 11.8 Å². The number of nitrogens with zero attached hydrogens (tertiary/aromatic N) is 2. The van der Waals surface area contributed by atoms with Gasteiger partial charge in [-0.05, 0) is 20.3 Å². The fourth-order valence-electron chi connectivity index (χ4n) is 1.16. The Morgan fingerprint density at radius 2 is 2.14 bits per heavy atom. The third-order valence-electron chi connectivity index (χ3n) is 2.17. The molecule has 2 N–H and O–H groups in total. The molecule has 0 aromatic heterocycles. The second-order valence-electron chi connectivity index (χ2n) is 3.42. The molecular weight excluding hydrogens is 178 g/mol. The van der Waals surface area contributed by atoms with Crippen LogP contribution in [0.5, 0.6) is 0 Å². The van der Waals surface area contributed by atoms with Gasteiger partial charge in [-0.1, -0.05) is 6.92 Å². The predicted octanol–water partition coefficient (Wildman–Crippen LogP) is 0.732. The lowest BCUT2D eigenvalue weighted by Gasteiger charge is -2.24. The number of hydrogen-bond donors (Lipinski definition) is 1. The van der Waals surface area contributed by atoms with Crippen molar-refractivity contribution >= 4 is 5.91 Å². The lowest BCUT2D eigenvalue weighted by molar-refractivity contribution is -0.132. The van der Waals surface area contributed by atoms with Gasteiger partial charge in [-0.15, -0.1) is 0 Å². The van der Waals surface area contributed by atoms with Gasteiger partial charge in [0.05, 0.1) is 18.0 Å². The zero-order valence-electron chi connectivity index (χ0n) is 9.16.